The largest absolute Gasteiger partial charge is 0.369 e. The van der Waals surface area contributed by atoms with E-state index in [1.807, 2.05) is 0 Å². The minimum Gasteiger partial charge on any atom is -0.369 e. The highest BCUT2D eigenvalue weighted by Gasteiger charge is 1.93. The second-order valence-electron chi connectivity index (χ2n) is 2.34. The van der Waals surface area contributed by atoms with Crippen LogP contribution in [0.25, 0.3) is 0 Å². The normalized spacial score (nSPS) is 10.4. The Morgan fingerprint density at radius 1 is 1.36 bits per heavy atom. The molecular weight excluding hydrogens is 182 g/mol. The molecule has 1 rings (SSSR count). The van der Waals surface area contributed by atoms with Crippen LogP contribution in [0.5, 0.6) is 0 Å². The molecule has 0 atom stereocenters. The van der Waals surface area contributed by atoms with Gasteiger partial charge in [0.1, 0.15) is 5.69 Å². The Hall–Kier alpha value is -2.42. The van der Waals surface area contributed by atoms with Gasteiger partial charge in [-0.2, -0.15) is 5.26 Å². The zero-order valence-corrected chi connectivity index (χ0v) is 7.14. The maximum atomic E-state index is 10.1. The van der Waals surface area contributed by atoms with Crippen LogP contribution in [0.1, 0.15) is 0 Å². The van der Waals surface area contributed by atoms with Gasteiger partial charge in [0.05, 0.1) is 5.69 Å². The summed E-state index contributed by atoms with van der Waals surface area (Å²) < 4.78 is 0. The lowest BCUT2D eigenvalue weighted by atomic mass is 10.3. The summed E-state index contributed by atoms with van der Waals surface area (Å²) in [6.07, 6.45) is 1.64. The molecule has 0 fully saturated rings. The van der Waals surface area contributed by atoms with E-state index >= 15 is 0 Å². The van der Waals surface area contributed by atoms with Crippen molar-refractivity contribution in [2.75, 3.05) is 0 Å². The van der Waals surface area contributed by atoms with Gasteiger partial charge in [-0.3, -0.25) is 5.32 Å². The van der Waals surface area contributed by atoms with Crippen molar-refractivity contribution in [3.63, 3.8) is 0 Å². The van der Waals surface area contributed by atoms with Gasteiger partial charge >= 0.3 is 0 Å². The van der Waals surface area contributed by atoms with Gasteiger partial charge in [0, 0.05) is 0 Å². The van der Waals surface area contributed by atoms with E-state index in [4.69, 9.17) is 11.0 Å². The van der Waals surface area contributed by atoms with Crippen molar-refractivity contribution in [1.29, 1.82) is 5.26 Å². The van der Waals surface area contributed by atoms with Gasteiger partial charge in [0.2, 0.25) is 5.96 Å². The quantitative estimate of drug-likeness (QED) is 0.239. The molecule has 1 aromatic carbocycles. The maximum absolute atomic E-state index is 10.1. The Morgan fingerprint density at radius 3 is 2.43 bits per heavy atom. The molecule has 0 unspecified atom stereocenters. The van der Waals surface area contributed by atoms with Crippen molar-refractivity contribution in [1.82, 2.24) is 5.32 Å². The van der Waals surface area contributed by atoms with Crippen LogP contribution in [0.4, 0.5) is 11.4 Å². The molecule has 6 heteroatoms. The Morgan fingerprint density at radius 2 is 1.93 bits per heavy atom. The predicted molar refractivity (Wildman–Crippen MR) is 51.9 cm³/mol. The van der Waals surface area contributed by atoms with Crippen LogP contribution in [0.2, 0.25) is 0 Å². The summed E-state index contributed by atoms with van der Waals surface area (Å²) in [7, 11) is 0. The fourth-order valence-electron chi connectivity index (χ4n) is 0.812. The number of nitriles is 1. The molecular formula is C8H7N5O. The van der Waals surface area contributed by atoms with Crippen LogP contribution in [0, 0.1) is 16.4 Å². The molecule has 6 nitrogen and oxygen atoms in total. The monoisotopic (exact) mass is 189 g/mol. The lowest BCUT2D eigenvalue weighted by Crippen LogP contribution is -2.26. The molecule has 3 N–H and O–H groups in total. The van der Waals surface area contributed by atoms with Gasteiger partial charge < -0.3 is 5.73 Å². The lowest BCUT2D eigenvalue weighted by molar-refractivity contribution is 1.22. The van der Waals surface area contributed by atoms with Crippen molar-refractivity contribution in [2.24, 2.45) is 15.9 Å². The number of hydrogen-bond acceptors (Lipinski definition) is 4. The molecule has 1 aromatic rings. The second-order valence-corrected chi connectivity index (χ2v) is 2.34. The van der Waals surface area contributed by atoms with E-state index in [0.29, 0.717) is 11.4 Å². The van der Waals surface area contributed by atoms with E-state index in [1.165, 1.54) is 12.1 Å². The van der Waals surface area contributed by atoms with Crippen molar-refractivity contribution in [3.05, 3.63) is 29.2 Å². The molecule has 0 aliphatic rings. The standard InChI is InChI=1S/C8H7N5O/c9-5-11-8(10)12-6-1-3-7(13-14)4-2-6/h1-4H,(H3,10,11,12). The highest BCUT2D eigenvalue weighted by atomic mass is 16.3. The molecule has 0 aliphatic carbocycles. The Bertz CT molecular complexity index is 389. The third-order valence-corrected chi connectivity index (χ3v) is 1.39. The van der Waals surface area contributed by atoms with E-state index in [2.05, 4.69) is 15.5 Å². The first-order chi connectivity index (χ1) is 6.76. The number of nitroso groups, excluding NO2 is 1. The van der Waals surface area contributed by atoms with Crippen molar-refractivity contribution >= 4 is 17.3 Å². The number of benzene rings is 1. The molecule has 70 valence electrons. The molecule has 0 aliphatic heterocycles. The summed E-state index contributed by atoms with van der Waals surface area (Å²) in [5.74, 6) is -0.000637. The summed E-state index contributed by atoms with van der Waals surface area (Å²) in [4.78, 5) is 13.9. The fourth-order valence-corrected chi connectivity index (χ4v) is 0.812. The molecule has 0 aromatic heterocycles. The number of nitrogens with zero attached hydrogens (tertiary/aromatic N) is 3. The highest BCUT2D eigenvalue weighted by molar-refractivity contribution is 5.82. The van der Waals surface area contributed by atoms with Crippen molar-refractivity contribution in [2.45, 2.75) is 0 Å². The van der Waals surface area contributed by atoms with E-state index in [0.717, 1.165) is 0 Å². The average molecular weight is 189 g/mol. The van der Waals surface area contributed by atoms with Crippen LogP contribution in [-0.4, -0.2) is 5.96 Å². The Labute approximate surface area is 80.0 Å². The summed E-state index contributed by atoms with van der Waals surface area (Å²) >= 11 is 0. The molecule has 0 bridgehead atoms. The molecule has 14 heavy (non-hydrogen) atoms. The Kier molecular flexibility index (Phi) is 3.15. The minimum atomic E-state index is -0.000637. The SMILES string of the molecule is N#CNC(N)=Nc1ccc(N=O)cc1. The topological polar surface area (TPSA) is 104 Å². The fraction of sp³-hybridized carbons (Fsp3) is 0. The first-order valence-electron chi connectivity index (χ1n) is 3.69. The smallest absolute Gasteiger partial charge is 0.207 e. The molecule has 0 saturated carbocycles. The van der Waals surface area contributed by atoms with Crippen LogP contribution in [-0.2, 0) is 0 Å². The number of aliphatic imine (C=N–C) groups is 1. The van der Waals surface area contributed by atoms with Crippen molar-refractivity contribution < 1.29 is 0 Å². The molecule has 0 amide bonds. The molecule has 0 spiro atoms. The van der Waals surface area contributed by atoms with Crippen LogP contribution in [0.15, 0.2) is 34.4 Å². The third-order valence-electron chi connectivity index (χ3n) is 1.39. The third kappa shape index (κ3) is 2.57. The molecule has 0 heterocycles. The number of hydrogen-bond donors (Lipinski definition) is 2. The summed E-state index contributed by atoms with van der Waals surface area (Å²) in [5.41, 5.74) is 6.17. The van der Waals surface area contributed by atoms with E-state index in [-0.39, 0.29) is 5.96 Å². The maximum Gasteiger partial charge on any atom is 0.207 e. The van der Waals surface area contributed by atoms with Crippen molar-refractivity contribution in [3.8, 4) is 6.19 Å². The van der Waals surface area contributed by atoms with Crippen LogP contribution >= 0.6 is 0 Å². The predicted octanol–water partition coefficient (Wildman–Crippen LogP) is 1.10. The Balaban J connectivity index is 2.83. The van der Waals surface area contributed by atoms with Gasteiger partial charge in [0.25, 0.3) is 0 Å². The first kappa shape index (κ1) is 9.67. The van der Waals surface area contributed by atoms with Gasteiger partial charge in [-0.15, -0.1) is 4.91 Å². The van der Waals surface area contributed by atoms with Crippen LogP contribution in [0.3, 0.4) is 0 Å². The lowest BCUT2D eigenvalue weighted by Gasteiger charge is -1.96. The van der Waals surface area contributed by atoms with Gasteiger partial charge in [-0.05, 0) is 29.4 Å². The number of rotatable bonds is 2. The minimum absolute atomic E-state index is 0.000637. The highest BCUT2D eigenvalue weighted by Crippen LogP contribution is 2.17. The van der Waals surface area contributed by atoms with E-state index in [1.54, 1.807) is 18.3 Å². The van der Waals surface area contributed by atoms with Gasteiger partial charge in [-0.25, -0.2) is 4.99 Å². The second kappa shape index (κ2) is 4.57. The molecule has 0 radical (unpaired) electrons. The van der Waals surface area contributed by atoms with Gasteiger partial charge in [-0.1, -0.05) is 0 Å². The first-order valence-corrected chi connectivity index (χ1v) is 3.69. The van der Waals surface area contributed by atoms with E-state index < -0.39 is 0 Å². The average Bonchev–Trinajstić information content (AvgIpc) is 2.19. The van der Waals surface area contributed by atoms with Gasteiger partial charge in [0.15, 0.2) is 6.19 Å². The number of guanidine groups is 1. The zero-order chi connectivity index (χ0) is 10.4. The summed E-state index contributed by atoms with van der Waals surface area (Å²) in [6.45, 7) is 0. The molecule has 0 saturated heterocycles. The number of nitrogens with one attached hydrogen (secondary N) is 1. The zero-order valence-electron chi connectivity index (χ0n) is 7.14. The van der Waals surface area contributed by atoms with Crippen LogP contribution < -0.4 is 11.1 Å². The number of nitrogens with two attached hydrogens (primary N) is 1. The summed E-state index contributed by atoms with van der Waals surface area (Å²) in [5, 5.41) is 13.1. The van der Waals surface area contributed by atoms with E-state index in [9.17, 15) is 4.91 Å². The summed E-state index contributed by atoms with van der Waals surface area (Å²) in [6, 6.07) is 6.16.